The van der Waals surface area contributed by atoms with Crippen LogP contribution < -0.4 is 26.2 Å². The van der Waals surface area contributed by atoms with Gasteiger partial charge in [-0.1, -0.05) is 225 Å². The number of aromatic nitrogens is 1. The van der Waals surface area contributed by atoms with E-state index in [4.69, 9.17) is 23.2 Å². The molecule has 2 aliphatic rings. The molecule has 10 aromatic carbocycles. The molecular formula is C73H61BCl2N4. The smallest absolute Gasteiger partial charge is 0.252 e. The molecule has 0 atom stereocenters. The first-order valence-electron chi connectivity index (χ1n) is 27.7. The third-order valence-corrected chi connectivity index (χ3v) is 17.0. The average Bonchev–Trinajstić information content (AvgIpc) is 3.88. The van der Waals surface area contributed by atoms with E-state index in [0.717, 1.165) is 111 Å². The van der Waals surface area contributed by atoms with Gasteiger partial charge < -0.3 is 14.4 Å². The largest absolute Gasteiger partial charge is 0.310 e. The molecule has 3 heterocycles. The van der Waals surface area contributed by atoms with Gasteiger partial charge in [0.25, 0.3) is 6.71 Å². The zero-order valence-electron chi connectivity index (χ0n) is 46.8. The third kappa shape index (κ3) is 8.43. The number of rotatable bonds is 6. The molecule has 11 aromatic rings. The summed E-state index contributed by atoms with van der Waals surface area (Å²) in [6, 6.07) is 77.1. The number of benzene rings is 10. The van der Waals surface area contributed by atoms with E-state index >= 15 is 0 Å². The molecule has 4 nitrogen and oxygen atoms in total. The lowest BCUT2D eigenvalue weighted by atomic mass is 9.33. The van der Waals surface area contributed by atoms with Crippen molar-refractivity contribution >= 4 is 102 Å². The van der Waals surface area contributed by atoms with Crippen LogP contribution in [0, 0.1) is 11.3 Å². The van der Waals surface area contributed by atoms with E-state index in [-0.39, 0.29) is 23.0 Å². The predicted molar refractivity (Wildman–Crippen MR) is 342 cm³/mol. The third-order valence-electron chi connectivity index (χ3n) is 16.6. The van der Waals surface area contributed by atoms with Crippen molar-refractivity contribution in [2.45, 2.75) is 78.6 Å². The van der Waals surface area contributed by atoms with Gasteiger partial charge in [-0.2, -0.15) is 5.26 Å². The van der Waals surface area contributed by atoms with Crippen LogP contribution in [-0.2, 0) is 16.2 Å². The first-order chi connectivity index (χ1) is 38.4. The topological polar surface area (TPSA) is 35.2 Å². The fraction of sp³-hybridized carbons (Fsp3) is 0.164. The molecule has 80 heavy (non-hydrogen) atoms. The molecule has 13 rings (SSSR count). The molecule has 2 aliphatic heterocycles. The molecule has 0 amide bonds. The van der Waals surface area contributed by atoms with Crippen molar-refractivity contribution in [2.75, 3.05) is 9.80 Å². The lowest BCUT2D eigenvalue weighted by molar-refractivity contribution is 0.569. The molecule has 7 heteroatoms. The minimum atomic E-state index is -0.257. The lowest BCUT2D eigenvalue weighted by Crippen LogP contribution is -2.61. The molecule has 0 saturated heterocycles. The van der Waals surface area contributed by atoms with E-state index in [0.29, 0.717) is 15.6 Å². The summed E-state index contributed by atoms with van der Waals surface area (Å²) in [5.74, 6) is 0. The summed E-state index contributed by atoms with van der Waals surface area (Å²) in [4.78, 5) is 4.77. The van der Waals surface area contributed by atoms with Gasteiger partial charge in [-0.15, -0.1) is 0 Å². The van der Waals surface area contributed by atoms with E-state index < -0.39 is 0 Å². The molecule has 0 N–H and O–H groups in total. The molecule has 0 saturated carbocycles. The second kappa shape index (κ2) is 18.9. The number of fused-ring (bicyclic) bond motifs is 7. The molecular weight excluding hydrogens is 1010 g/mol. The highest BCUT2D eigenvalue weighted by Crippen LogP contribution is 2.53. The second-order valence-electron chi connectivity index (χ2n) is 24.8. The summed E-state index contributed by atoms with van der Waals surface area (Å²) in [6.07, 6.45) is 0. The molecule has 0 bridgehead atoms. The van der Waals surface area contributed by atoms with E-state index in [1.54, 1.807) is 0 Å². The summed E-state index contributed by atoms with van der Waals surface area (Å²) < 4.78 is 2.26. The van der Waals surface area contributed by atoms with Crippen LogP contribution in [0.4, 0.5) is 34.1 Å². The summed E-state index contributed by atoms with van der Waals surface area (Å²) >= 11 is 15.0. The highest BCUT2D eigenvalue weighted by molar-refractivity contribution is 7.00. The maximum atomic E-state index is 11.9. The first kappa shape index (κ1) is 51.2. The zero-order chi connectivity index (χ0) is 55.6. The lowest BCUT2D eigenvalue weighted by Gasteiger charge is -2.45. The molecule has 0 aliphatic carbocycles. The van der Waals surface area contributed by atoms with Crippen LogP contribution >= 0.6 is 23.2 Å². The number of hydrogen-bond acceptors (Lipinski definition) is 3. The Balaban J connectivity index is 1.15. The van der Waals surface area contributed by atoms with Crippen LogP contribution in [0.2, 0.25) is 10.0 Å². The summed E-state index contributed by atoms with van der Waals surface area (Å²) in [6.45, 7) is 20.3. The van der Waals surface area contributed by atoms with Crippen LogP contribution in [0.15, 0.2) is 206 Å². The summed E-state index contributed by atoms with van der Waals surface area (Å²) in [5.41, 5.74) is 22.3. The normalized spacial score (nSPS) is 13.1. The van der Waals surface area contributed by atoms with Crippen LogP contribution in [-0.4, -0.2) is 11.3 Å². The van der Waals surface area contributed by atoms with Gasteiger partial charge in [0.1, 0.15) is 11.6 Å². The Kier molecular flexibility index (Phi) is 12.1. The summed E-state index contributed by atoms with van der Waals surface area (Å²) in [7, 11) is 0. The van der Waals surface area contributed by atoms with Gasteiger partial charge in [0, 0.05) is 54.7 Å². The van der Waals surface area contributed by atoms with Crippen molar-refractivity contribution in [2.24, 2.45) is 0 Å². The summed E-state index contributed by atoms with van der Waals surface area (Å²) in [5, 5.41) is 15.4. The number of nitrogens with zero attached hydrogens (tertiary/aromatic N) is 4. The Labute approximate surface area is 481 Å². The molecule has 1 aromatic heterocycles. The average molecular weight is 1080 g/mol. The highest BCUT2D eigenvalue weighted by atomic mass is 35.5. The Morgan fingerprint density at radius 3 is 1.41 bits per heavy atom. The number of halogens is 2. The van der Waals surface area contributed by atoms with Crippen molar-refractivity contribution in [3.63, 3.8) is 0 Å². The first-order valence-corrected chi connectivity index (χ1v) is 28.5. The van der Waals surface area contributed by atoms with Gasteiger partial charge in [0.05, 0.1) is 28.1 Å². The Hall–Kier alpha value is -8.27. The predicted octanol–water partition coefficient (Wildman–Crippen LogP) is 18.9. The molecule has 0 radical (unpaired) electrons. The van der Waals surface area contributed by atoms with Crippen LogP contribution in [0.1, 0.15) is 84.6 Å². The quantitative estimate of drug-likeness (QED) is 0.156. The van der Waals surface area contributed by atoms with Crippen molar-refractivity contribution in [3.05, 3.63) is 239 Å². The molecule has 0 fully saturated rings. The van der Waals surface area contributed by atoms with Crippen molar-refractivity contribution < 1.29 is 0 Å². The monoisotopic (exact) mass is 1070 g/mol. The van der Waals surface area contributed by atoms with Gasteiger partial charge in [-0.25, -0.2) is 0 Å². The highest BCUT2D eigenvalue weighted by Gasteiger charge is 2.45. The maximum Gasteiger partial charge on any atom is 0.252 e. The minimum absolute atomic E-state index is 0.0932. The zero-order valence-corrected chi connectivity index (χ0v) is 48.3. The van der Waals surface area contributed by atoms with E-state index in [2.05, 4.69) is 283 Å². The Morgan fingerprint density at radius 2 is 0.863 bits per heavy atom. The van der Waals surface area contributed by atoms with Gasteiger partial charge in [0.15, 0.2) is 0 Å². The van der Waals surface area contributed by atoms with Crippen LogP contribution in [0.3, 0.4) is 0 Å². The van der Waals surface area contributed by atoms with Crippen molar-refractivity contribution in [3.8, 4) is 45.1 Å². The van der Waals surface area contributed by atoms with Crippen LogP contribution in [0.25, 0.3) is 60.9 Å². The van der Waals surface area contributed by atoms with Gasteiger partial charge in [0.2, 0.25) is 0 Å². The SMILES string of the molecule is CC(C)(C)c1cc(-c2ccc3c(c2)N(c2cccc(-n4c5ccccc5c5ccccc54)c2C#N)c2cc(Cl)cc4c2B3c2ccc(Cl)cc2N4c2c(-c3ccccc3)cc(C(C)(C)C)cc2-c2ccccc2)cc(C(C)(C)C)c1. The van der Waals surface area contributed by atoms with Gasteiger partial charge in [-0.05, 0) is 138 Å². The second-order valence-corrected chi connectivity index (χ2v) is 25.7. The minimum Gasteiger partial charge on any atom is -0.310 e. The van der Waals surface area contributed by atoms with E-state index in [9.17, 15) is 5.26 Å². The van der Waals surface area contributed by atoms with Gasteiger partial charge in [-0.3, -0.25) is 0 Å². The fourth-order valence-corrected chi connectivity index (χ4v) is 12.8. The van der Waals surface area contributed by atoms with Gasteiger partial charge >= 0.3 is 0 Å². The fourth-order valence-electron chi connectivity index (χ4n) is 12.5. The van der Waals surface area contributed by atoms with E-state index in [1.165, 1.54) is 16.7 Å². The number of anilines is 6. The standard InChI is InChI=1S/C73H61BCl2N4/c1-71(2,3)49-35-48(36-50(38-49)72(4,5)6)47-31-33-59-65(37-47)79(64-30-20-29-63(58(64)44-77)78-61-27-18-16-25-54(61)55-26-17-19-28-62(55)78)67-42-53(76)43-68-69(67)74(59)60-34-32-52(75)41-66(60)80(68)70-56(45-21-12-10-13-22-45)39-51(73(7,8)9)40-57(70)46-23-14-11-15-24-46/h10-43H,1-9H3. The number of hydrogen-bond donors (Lipinski definition) is 0. The van der Waals surface area contributed by atoms with Crippen LogP contribution in [0.5, 0.6) is 0 Å². The molecule has 0 spiro atoms. The number of para-hydroxylation sites is 2. The van der Waals surface area contributed by atoms with Crippen molar-refractivity contribution in [1.82, 2.24) is 4.57 Å². The Bertz CT molecular complexity index is 4210. The Morgan fingerprint density at radius 1 is 0.388 bits per heavy atom. The van der Waals surface area contributed by atoms with Crippen molar-refractivity contribution in [1.29, 1.82) is 5.26 Å². The maximum absolute atomic E-state index is 11.9. The van der Waals surface area contributed by atoms with E-state index in [1.807, 2.05) is 6.07 Å². The molecule has 390 valence electrons. The molecule has 0 unspecified atom stereocenters. The number of nitriles is 1.